The second-order valence-electron chi connectivity index (χ2n) is 6.45. The molecule has 0 atom stereocenters. The van der Waals surface area contributed by atoms with E-state index >= 15 is 0 Å². The van der Waals surface area contributed by atoms with Gasteiger partial charge in [0.2, 0.25) is 0 Å². The predicted molar refractivity (Wildman–Crippen MR) is 101 cm³/mol. The van der Waals surface area contributed by atoms with Gasteiger partial charge in [-0.15, -0.1) is 0 Å². The van der Waals surface area contributed by atoms with Gasteiger partial charge in [-0.2, -0.15) is 0 Å². The van der Waals surface area contributed by atoms with Gasteiger partial charge in [-0.3, -0.25) is 14.9 Å². The molecule has 5 rings (SSSR count). The summed E-state index contributed by atoms with van der Waals surface area (Å²) in [6.07, 6.45) is 1.79. The molecule has 0 unspecified atom stereocenters. The molecule has 126 valence electrons. The lowest BCUT2D eigenvalue weighted by atomic mass is 9.94. The molecule has 0 fully saturated rings. The van der Waals surface area contributed by atoms with Gasteiger partial charge in [-0.05, 0) is 19.1 Å². The van der Waals surface area contributed by atoms with E-state index in [9.17, 15) is 9.59 Å². The van der Waals surface area contributed by atoms with Crippen molar-refractivity contribution in [3.63, 3.8) is 0 Å². The van der Waals surface area contributed by atoms with Crippen molar-refractivity contribution >= 4 is 44.8 Å². The van der Waals surface area contributed by atoms with Crippen LogP contribution in [0.3, 0.4) is 0 Å². The van der Waals surface area contributed by atoms with Crippen LogP contribution in [-0.4, -0.2) is 21.8 Å². The summed E-state index contributed by atoms with van der Waals surface area (Å²) < 4.78 is 0. The zero-order chi connectivity index (χ0) is 17.8. The Kier molecular flexibility index (Phi) is 2.94. The number of aromatic amines is 2. The molecule has 1 aliphatic heterocycles. The quantitative estimate of drug-likeness (QED) is 0.488. The minimum absolute atomic E-state index is 0.358. The molecule has 2 aromatic heterocycles. The Balaban J connectivity index is 1.88. The normalized spacial score (nSPS) is 14.7. The third kappa shape index (κ3) is 1.91. The van der Waals surface area contributed by atoms with Gasteiger partial charge in [-0.1, -0.05) is 36.4 Å². The number of carbonyl (C=O) groups excluding carboxylic acids is 2. The summed E-state index contributed by atoms with van der Waals surface area (Å²) in [7, 11) is 0. The maximum atomic E-state index is 12.7. The number of hydrogen-bond acceptors (Lipinski definition) is 2. The van der Waals surface area contributed by atoms with Crippen molar-refractivity contribution in [2.24, 2.45) is 0 Å². The zero-order valence-corrected chi connectivity index (χ0v) is 14.0. The van der Waals surface area contributed by atoms with Crippen LogP contribution in [0.5, 0.6) is 0 Å². The van der Waals surface area contributed by atoms with E-state index in [-0.39, 0.29) is 11.8 Å². The van der Waals surface area contributed by atoms with E-state index in [1.807, 2.05) is 55.5 Å². The highest BCUT2D eigenvalue weighted by Gasteiger charge is 2.35. The maximum Gasteiger partial charge on any atom is 0.259 e. The van der Waals surface area contributed by atoms with Crippen LogP contribution >= 0.6 is 0 Å². The molecule has 5 nitrogen and oxygen atoms in total. The molecule has 0 radical (unpaired) electrons. The molecular formula is C21H15N3O2. The predicted octanol–water partition coefficient (Wildman–Crippen LogP) is 3.52. The van der Waals surface area contributed by atoms with Gasteiger partial charge in [0, 0.05) is 44.8 Å². The minimum atomic E-state index is -0.362. The first-order valence-corrected chi connectivity index (χ1v) is 8.39. The molecule has 0 saturated carbocycles. The Morgan fingerprint density at radius 2 is 1.42 bits per heavy atom. The average molecular weight is 341 g/mol. The van der Waals surface area contributed by atoms with E-state index in [0.717, 1.165) is 38.6 Å². The van der Waals surface area contributed by atoms with Gasteiger partial charge in [-0.25, -0.2) is 0 Å². The highest BCUT2D eigenvalue weighted by molar-refractivity contribution is 6.51. The number of hydrogen-bond donors (Lipinski definition) is 3. The molecule has 1 aliphatic rings. The number of aryl methyl sites for hydroxylation is 1. The van der Waals surface area contributed by atoms with Gasteiger partial charge in [0.05, 0.1) is 11.1 Å². The van der Waals surface area contributed by atoms with Crippen molar-refractivity contribution in [3.05, 3.63) is 71.5 Å². The SMILES string of the molecule is Cc1[nH]c2ccccc2c1C1=C(c2c[nH]c3ccccc23)C(=O)NC1=O. The van der Waals surface area contributed by atoms with Crippen LogP contribution in [0, 0.1) is 6.92 Å². The number of aromatic nitrogens is 2. The third-order valence-electron chi connectivity index (χ3n) is 4.93. The fourth-order valence-electron chi connectivity index (χ4n) is 3.83. The maximum absolute atomic E-state index is 12.7. The van der Waals surface area contributed by atoms with E-state index in [1.165, 1.54) is 0 Å². The van der Waals surface area contributed by atoms with Crippen molar-refractivity contribution in [1.82, 2.24) is 15.3 Å². The first kappa shape index (κ1) is 14.7. The van der Waals surface area contributed by atoms with E-state index in [1.54, 1.807) is 6.20 Å². The van der Waals surface area contributed by atoms with Gasteiger partial charge in [0.15, 0.2) is 0 Å². The Bertz CT molecular complexity index is 1260. The Hall–Kier alpha value is -3.60. The van der Waals surface area contributed by atoms with Crippen molar-refractivity contribution < 1.29 is 9.59 Å². The fraction of sp³-hybridized carbons (Fsp3) is 0.0476. The van der Waals surface area contributed by atoms with Crippen molar-refractivity contribution in [2.75, 3.05) is 0 Å². The molecule has 2 amide bonds. The van der Waals surface area contributed by atoms with E-state index in [4.69, 9.17) is 0 Å². The third-order valence-corrected chi connectivity index (χ3v) is 4.93. The van der Waals surface area contributed by atoms with Crippen LogP contribution in [0.1, 0.15) is 16.8 Å². The van der Waals surface area contributed by atoms with Crippen molar-refractivity contribution in [3.8, 4) is 0 Å². The number of amides is 2. The molecular weight excluding hydrogens is 326 g/mol. The largest absolute Gasteiger partial charge is 0.361 e. The minimum Gasteiger partial charge on any atom is -0.361 e. The first-order valence-electron chi connectivity index (χ1n) is 8.39. The number of nitrogens with one attached hydrogen (secondary N) is 3. The number of benzene rings is 2. The zero-order valence-electron chi connectivity index (χ0n) is 14.0. The second kappa shape index (κ2) is 5.20. The van der Waals surface area contributed by atoms with E-state index < -0.39 is 0 Å². The summed E-state index contributed by atoms with van der Waals surface area (Å²) in [6.45, 7) is 1.92. The highest BCUT2D eigenvalue weighted by Crippen LogP contribution is 2.38. The average Bonchev–Trinajstić information content (AvgIpc) is 3.27. The van der Waals surface area contributed by atoms with E-state index in [2.05, 4.69) is 15.3 Å². The second-order valence-corrected chi connectivity index (χ2v) is 6.45. The van der Waals surface area contributed by atoms with Crippen LogP contribution in [0.2, 0.25) is 0 Å². The van der Waals surface area contributed by atoms with Crippen LogP contribution in [0.4, 0.5) is 0 Å². The Labute approximate surface area is 148 Å². The van der Waals surface area contributed by atoms with Gasteiger partial charge in [0.25, 0.3) is 11.8 Å². The number of rotatable bonds is 2. The molecule has 0 bridgehead atoms. The van der Waals surface area contributed by atoms with Crippen LogP contribution in [0.25, 0.3) is 33.0 Å². The topological polar surface area (TPSA) is 77.8 Å². The van der Waals surface area contributed by atoms with Crippen molar-refractivity contribution in [1.29, 1.82) is 0 Å². The van der Waals surface area contributed by atoms with Crippen LogP contribution < -0.4 is 5.32 Å². The van der Waals surface area contributed by atoms with Gasteiger partial charge >= 0.3 is 0 Å². The van der Waals surface area contributed by atoms with E-state index in [0.29, 0.717) is 11.1 Å². The lowest BCUT2D eigenvalue weighted by Gasteiger charge is -2.04. The number of H-pyrrole nitrogens is 2. The molecule has 0 spiro atoms. The number of carbonyl (C=O) groups is 2. The summed E-state index contributed by atoms with van der Waals surface area (Å²) in [5, 5.41) is 4.32. The summed E-state index contributed by atoms with van der Waals surface area (Å²) in [5.41, 5.74) is 5.10. The molecule has 26 heavy (non-hydrogen) atoms. The molecule has 2 aromatic carbocycles. The Morgan fingerprint density at radius 3 is 2.23 bits per heavy atom. The summed E-state index contributed by atoms with van der Waals surface area (Å²) in [5.74, 6) is -0.720. The smallest absolute Gasteiger partial charge is 0.259 e. The molecule has 4 aromatic rings. The number of imide groups is 1. The number of para-hydroxylation sites is 2. The lowest BCUT2D eigenvalue weighted by Crippen LogP contribution is -2.22. The molecule has 5 heteroatoms. The highest BCUT2D eigenvalue weighted by atomic mass is 16.2. The van der Waals surface area contributed by atoms with Crippen molar-refractivity contribution in [2.45, 2.75) is 6.92 Å². The fourth-order valence-corrected chi connectivity index (χ4v) is 3.83. The van der Waals surface area contributed by atoms with Crippen LogP contribution in [-0.2, 0) is 9.59 Å². The summed E-state index contributed by atoms with van der Waals surface area (Å²) >= 11 is 0. The summed E-state index contributed by atoms with van der Waals surface area (Å²) in [4.78, 5) is 31.9. The first-order chi connectivity index (χ1) is 12.6. The molecule has 3 heterocycles. The Morgan fingerprint density at radius 1 is 0.769 bits per heavy atom. The van der Waals surface area contributed by atoms with Gasteiger partial charge < -0.3 is 9.97 Å². The number of fused-ring (bicyclic) bond motifs is 2. The monoisotopic (exact) mass is 341 g/mol. The summed E-state index contributed by atoms with van der Waals surface area (Å²) in [6, 6.07) is 15.6. The standard InChI is InChI=1S/C21H15N3O2/c1-11-17(13-7-3-5-9-16(13)23-11)19-18(20(25)24-21(19)26)14-10-22-15-8-4-2-6-12(14)15/h2-10,22-23H,1H3,(H,24,25,26). The lowest BCUT2D eigenvalue weighted by molar-refractivity contribution is -0.122. The molecule has 0 saturated heterocycles. The van der Waals surface area contributed by atoms with Crippen LogP contribution in [0.15, 0.2) is 54.7 Å². The molecule has 0 aliphatic carbocycles. The van der Waals surface area contributed by atoms with Gasteiger partial charge in [0.1, 0.15) is 0 Å². The molecule has 3 N–H and O–H groups in total.